The van der Waals surface area contributed by atoms with Gasteiger partial charge in [-0.25, -0.2) is 0 Å². The topological polar surface area (TPSA) is 116 Å². The monoisotopic (exact) mass is 372 g/mol. The lowest BCUT2D eigenvalue weighted by molar-refractivity contribution is -0.306. The number of aliphatic hydroxyl groups excluding tert-OH is 4. The lowest BCUT2D eigenvalue weighted by Gasteiger charge is -2.41. The van der Waals surface area contributed by atoms with Gasteiger partial charge in [0.2, 0.25) is 0 Å². The Hall–Kier alpha value is -0.830. The van der Waals surface area contributed by atoms with Crippen LogP contribution in [0.1, 0.15) is 40.5 Å². The van der Waals surface area contributed by atoms with E-state index in [0.717, 1.165) is 0 Å². The number of aliphatic hydroxyl groups is 4. The molecule has 1 aliphatic carbocycles. The van der Waals surface area contributed by atoms with Gasteiger partial charge in [-0.05, 0) is 24.2 Å². The highest BCUT2D eigenvalue weighted by Crippen LogP contribution is 2.43. The zero-order valence-electron chi connectivity index (χ0n) is 15.9. The van der Waals surface area contributed by atoms with Crippen LogP contribution in [0.5, 0.6) is 0 Å². The molecule has 1 aliphatic heterocycles. The van der Waals surface area contributed by atoms with E-state index in [0.29, 0.717) is 12.8 Å². The fourth-order valence-electron chi connectivity index (χ4n) is 4.12. The average Bonchev–Trinajstić information content (AvgIpc) is 2.53. The molecule has 0 spiro atoms. The Bertz CT molecular complexity index is 516. The SMILES string of the molecule is CC(C=CC1C(C)CC(=O)CC1(C)C)OC1OC(CO)C(O)C(O)C1O. The molecule has 1 saturated heterocycles. The maximum absolute atomic E-state index is 11.8. The summed E-state index contributed by atoms with van der Waals surface area (Å²) in [6.07, 6.45) is -1.79. The Kier molecular flexibility index (Phi) is 6.98. The van der Waals surface area contributed by atoms with Gasteiger partial charge in [-0.3, -0.25) is 4.79 Å². The first-order chi connectivity index (χ1) is 12.1. The number of hydrogen-bond donors (Lipinski definition) is 4. The van der Waals surface area contributed by atoms with Gasteiger partial charge in [0, 0.05) is 12.8 Å². The third-order valence-electron chi connectivity index (χ3n) is 5.50. The van der Waals surface area contributed by atoms with Crippen LogP contribution in [-0.2, 0) is 14.3 Å². The van der Waals surface area contributed by atoms with E-state index in [4.69, 9.17) is 9.47 Å². The van der Waals surface area contributed by atoms with Crippen LogP contribution in [0.15, 0.2) is 12.2 Å². The van der Waals surface area contributed by atoms with E-state index in [9.17, 15) is 25.2 Å². The molecule has 0 aromatic rings. The summed E-state index contributed by atoms with van der Waals surface area (Å²) >= 11 is 0. The second-order valence-corrected chi connectivity index (χ2v) is 8.33. The van der Waals surface area contributed by atoms with Crippen LogP contribution in [0.25, 0.3) is 0 Å². The molecule has 7 nitrogen and oxygen atoms in total. The number of rotatable bonds is 5. The Morgan fingerprint density at radius 1 is 1.27 bits per heavy atom. The predicted molar refractivity (Wildman–Crippen MR) is 94.1 cm³/mol. The second kappa shape index (κ2) is 8.46. The molecule has 4 N–H and O–H groups in total. The summed E-state index contributed by atoms with van der Waals surface area (Å²) < 4.78 is 11.0. The lowest BCUT2D eigenvalue weighted by Crippen LogP contribution is -2.59. The highest BCUT2D eigenvalue weighted by Gasteiger charge is 2.44. The van der Waals surface area contributed by atoms with E-state index in [1.807, 2.05) is 12.2 Å². The molecule has 1 heterocycles. The van der Waals surface area contributed by atoms with E-state index in [1.165, 1.54) is 0 Å². The third-order valence-corrected chi connectivity index (χ3v) is 5.50. The highest BCUT2D eigenvalue weighted by atomic mass is 16.7. The smallest absolute Gasteiger partial charge is 0.187 e. The standard InChI is InChI=1S/C19H32O7/c1-10-7-12(21)8-19(3,4)13(10)6-5-11(2)25-18-17(24)16(23)15(22)14(9-20)26-18/h5-6,10-11,13-18,20,22-24H,7-9H2,1-4H3. The molecular formula is C19H32O7. The van der Waals surface area contributed by atoms with E-state index in [-0.39, 0.29) is 23.0 Å². The van der Waals surface area contributed by atoms with E-state index < -0.39 is 43.4 Å². The van der Waals surface area contributed by atoms with Crippen molar-refractivity contribution >= 4 is 5.78 Å². The van der Waals surface area contributed by atoms with Crippen molar-refractivity contribution in [3.8, 4) is 0 Å². The molecule has 1 saturated carbocycles. The van der Waals surface area contributed by atoms with Gasteiger partial charge in [-0.15, -0.1) is 0 Å². The van der Waals surface area contributed by atoms with Gasteiger partial charge in [-0.2, -0.15) is 0 Å². The van der Waals surface area contributed by atoms with Crippen LogP contribution in [0.3, 0.4) is 0 Å². The van der Waals surface area contributed by atoms with Gasteiger partial charge >= 0.3 is 0 Å². The minimum absolute atomic E-state index is 0.131. The van der Waals surface area contributed by atoms with Crippen molar-refractivity contribution in [1.82, 2.24) is 0 Å². The molecule has 2 aliphatic rings. The van der Waals surface area contributed by atoms with Crippen LogP contribution in [0.4, 0.5) is 0 Å². The Morgan fingerprint density at radius 2 is 1.92 bits per heavy atom. The van der Waals surface area contributed by atoms with Gasteiger partial charge in [0.15, 0.2) is 6.29 Å². The van der Waals surface area contributed by atoms with Crippen LogP contribution in [-0.4, -0.2) is 69.6 Å². The first-order valence-electron chi connectivity index (χ1n) is 9.22. The van der Waals surface area contributed by atoms with Crippen molar-refractivity contribution < 1.29 is 34.7 Å². The molecule has 0 aromatic heterocycles. The molecule has 150 valence electrons. The maximum atomic E-state index is 11.8. The van der Waals surface area contributed by atoms with Crippen LogP contribution >= 0.6 is 0 Å². The number of allylic oxidation sites excluding steroid dienone is 1. The summed E-state index contributed by atoms with van der Waals surface area (Å²) in [6.45, 7) is 7.52. The molecule has 7 heteroatoms. The number of carbonyl (C=O) groups excluding carboxylic acids is 1. The molecule has 0 aromatic carbocycles. The molecule has 26 heavy (non-hydrogen) atoms. The first-order valence-corrected chi connectivity index (χ1v) is 9.22. The normalized spacial score (nSPS) is 42.2. The summed E-state index contributed by atoms with van der Waals surface area (Å²) in [5.41, 5.74) is -0.131. The first kappa shape index (κ1) is 21.5. The van der Waals surface area contributed by atoms with Crippen molar-refractivity contribution in [3.63, 3.8) is 0 Å². The second-order valence-electron chi connectivity index (χ2n) is 8.33. The molecule has 2 rings (SSSR count). The minimum atomic E-state index is -1.45. The fourth-order valence-corrected chi connectivity index (χ4v) is 4.12. The number of Topliss-reactive ketones (excluding diaryl/α,β-unsaturated/α-hetero) is 1. The Labute approximate surface area is 154 Å². The predicted octanol–water partition coefficient (Wildman–Crippen LogP) is 0.389. The van der Waals surface area contributed by atoms with Crippen molar-refractivity contribution in [2.24, 2.45) is 17.3 Å². The number of hydrogen-bond acceptors (Lipinski definition) is 7. The summed E-state index contributed by atoms with van der Waals surface area (Å²) in [7, 11) is 0. The van der Waals surface area contributed by atoms with Crippen molar-refractivity contribution in [2.45, 2.75) is 77.3 Å². The number of ketones is 1. The zero-order chi connectivity index (χ0) is 19.6. The average molecular weight is 372 g/mol. The van der Waals surface area contributed by atoms with Gasteiger partial charge < -0.3 is 29.9 Å². The van der Waals surface area contributed by atoms with E-state index in [1.54, 1.807) is 6.92 Å². The number of carbonyl (C=O) groups is 1. The minimum Gasteiger partial charge on any atom is -0.394 e. The largest absolute Gasteiger partial charge is 0.394 e. The van der Waals surface area contributed by atoms with Crippen molar-refractivity contribution in [3.05, 3.63) is 12.2 Å². The lowest BCUT2D eigenvalue weighted by atomic mass is 9.63. The van der Waals surface area contributed by atoms with Crippen LogP contribution in [0, 0.1) is 17.3 Å². The summed E-state index contributed by atoms with van der Waals surface area (Å²) in [6, 6.07) is 0. The van der Waals surface area contributed by atoms with Gasteiger partial charge in [-0.1, -0.05) is 32.9 Å². The third kappa shape index (κ3) is 4.71. The molecule has 8 atom stereocenters. The highest BCUT2D eigenvalue weighted by molar-refractivity contribution is 5.80. The maximum Gasteiger partial charge on any atom is 0.187 e. The molecule has 0 bridgehead atoms. The molecule has 2 fully saturated rings. The molecule has 0 radical (unpaired) electrons. The van der Waals surface area contributed by atoms with Gasteiger partial charge in [0.25, 0.3) is 0 Å². The zero-order valence-corrected chi connectivity index (χ0v) is 15.9. The Balaban J connectivity index is 2.00. The van der Waals surface area contributed by atoms with Crippen LogP contribution in [0.2, 0.25) is 0 Å². The van der Waals surface area contributed by atoms with E-state index in [2.05, 4.69) is 20.8 Å². The Morgan fingerprint density at radius 3 is 2.50 bits per heavy atom. The number of ether oxygens (including phenoxy) is 2. The summed E-state index contributed by atoms with van der Waals surface area (Å²) in [4.78, 5) is 11.8. The van der Waals surface area contributed by atoms with E-state index >= 15 is 0 Å². The van der Waals surface area contributed by atoms with Crippen molar-refractivity contribution in [1.29, 1.82) is 0 Å². The fraction of sp³-hybridized carbons (Fsp3) is 0.842. The molecule has 8 unspecified atom stereocenters. The molecule has 0 amide bonds. The quantitative estimate of drug-likeness (QED) is 0.516. The van der Waals surface area contributed by atoms with Gasteiger partial charge in [0.1, 0.15) is 30.2 Å². The molecular weight excluding hydrogens is 340 g/mol. The summed E-state index contributed by atoms with van der Waals surface area (Å²) in [5.74, 6) is 0.751. The summed E-state index contributed by atoms with van der Waals surface area (Å²) in [5, 5.41) is 38.9. The van der Waals surface area contributed by atoms with Crippen LogP contribution < -0.4 is 0 Å². The van der Waals surface area contributed by atoms with Crippen molar-refractivity contribution in [2.75, 3.05) is 6.61 Å². The van der Waals surface area contributed by atoms with Gasteiger partial charge in [0.05, 0.1) is 12.7 Å².